The highest BCUT2D eigenvalue weighted by atomic mass is 16.5. The lowest BCUT2D eigenvalue weighted by Gasteiger charge is -2.14. The highest BCUT2D eigenvalue weighted by Crippen LogP contribution is 2.24. The molecule has 0 fully saturated rings. The molecule has 1 heterocycles. The summed E-state index contributed by atoms with van der Waals surface area (Å²) < 4.78 is 12.6. The number of ether oxygens (including phenoxy) is 2. The molecule has 0 radical (unpaired) electrons. The van der Waals surface area contributed by atoms with Crippen LogP contribution < -0.4 is 10.5 Å². The van der Waals surface area contributed by atoms with Gasteiger partial charge in [0.25, 0.3) is 0 Å². The zero-order chi connectivity index (χ0) is 11.4. The molecule has 1 atom stereocenters. The van der Waals surface area contributed by atoms with Crippen LogP contribution in [0.5, 0.6) is 5.88 Å². The van der Waals surface area contributed by atoms with Gasteiger partial charge in [0.05, 0.1) is 12.3 Å². The fraction of sp³-hybridized carbons (Fsp3) is 0.700. The van der Waals surface area contributed by atoms with E-state index in [4.69, 9.17) is 15.2 Å². The van der Waals surface area contributed by atoms with Crippen molar-refractivity contribution in [1.29, 1.82) is 0 Å². The zero-order valence-electron chi connectivity index (χ0n) is 9.78. The molecular weight excluding hydrogens is 194 g/mol. The molecule has 1 aromatic heterocycles. The van der Waals surface area contributed by atoms with Gasteiger partial charge in [0.2, 0.25) is 5.88 Å². The summed E-state index contributed by atoms with van der Waals surface area (Å²) in [4.78, 5) is 0. The van der Waals surface area contributed by atoms with Crippen molar-refractivity contribution in [2.75, 3.05) is 18.9 Å². The van der Waals surface area contributed by atoms with Crippen LogP contribution in [0.4, 0.5) is 5.69 Å². The van der Waals surface area contributed by atoms with E-state index in [1.165, 1.54) is 0 Å². The molecule has 2 N–H and O–H groups in total. The van der Waals surface area contributed by atoms with Crippen molar-refractivity contribution >= 4 is 5.69 Å². The molecule has 1 rings (SSSR count). The van der Waals surface area contributed by atoms with E-state index in [0.717, 1.165) is 5.69 Å². The first-order valence-electron chi connectivity index (χ1n) is 5.09. The lowest BCUT2D eigenvalue weighted by Crippen LogP contribution is -2.20. The van der Waals surface area contributed by atoms with Gasteiger partial charge in [-0.2, -0.15) is 5.10 Å². The molecule has 1 aromatic rings. The molecule has 0 amide bonds. The Morgan fingerprint density at radius 1 is 1.53 bits per heavy atom. The molecule has 0 saturated heterocycles. The van der Waals surface area contributed by atoms with Crippen molar-refractivity contribution in [1.82, 2.24) is 9.78 Å². The third-order valence-corrected chi connectivity index (χ3v) is 2.08. The summed E-state index contributed by atoms with van der Waals surface area (Å²) in [6.45, 7) is 7.00. The van der Waals surface area contributed by atoms with E-state index < -0.39 is 0 Å². The second-order valence-electron chi connectivity index (χ2n) is 3.52. The third kappa shape index (κ3) is 2.86. The largest absolute Gasteiger partial charge is 0.471 e. The molecule has 5 nitrogen and oxygen atoms in total. The van der Waals surface area contributed by atoms with E-state index >= 15 is 0 Å². The Labute approximate surface area is 90.2 Å². The highest BCUT2D eigenvalue weighted by molar-refractivity contribution is 5.52. The summed E-state index contributed by atoms with van der Waals surface area (Å²) >= 11 is 0. The minimum absolute atomic E-state index is 0.0259. The number of hydrogen-bond acceptors (Lipinski definition) is 4. The second kappa shape index (κ2) is 5.02. The van der Waals surface area contributed by atoms with Crippen LogP contribution in [0.1, 0.15) is 19.5 Å². The monoisotopic (exact) mass is 213 g/mol. The minimum Gasteiger partial charge on any atom is -0.471 e. The molecule has 1 unspecified atom stereocenters. The van der Waals surface area contributed by atoms with Gasteiger partial charge in [-0.1, -0.05) is 0 Å². The van der Waals surface area contributed by atoms with Gasteiger partial charge in [-0.05, 0) is 20.8 Å². The van der Waals surface area contributed by atoms with Gasteiger partial charge in [0.15, 0.2) is 0 Å². The van der Waals surface area contributed by atoms with Crippen LogP contribution in [-0.4, -0.2) is 29.1 Å². The average molecular weight is 213 g/mol. The predicted octanol–water partition coefficient (Wildman–Crippen LogP) is 1.11. The van der Waals surface area contributed by atoms with Crippen LogP contribution in [-0.2, 0) is 11.8 Å². The second-order valence-corrected chi connectivity index (χ2v) is 3.52. The van der Waals surface area contributed by atoms with Crippen LogP contribution in [0.3, 0.4) is 0 Å². The smallest absolute Gasteiger partial charge is 0.236 e. The first kappa shape index (κ1) is 11.8. The Balaban J connectivity index is 2.63. The fourth-order valence-corrected chi connectivity index (χ4v) is 1.30. The highest BCUT2D eigenvalue weighted by Gasteiger charge is 2.14. The molecule has 0 aliphatic heterocycles. The Morgan fingerprint density at radius 2 is 2.20 bits per heavy atom. The number of nitrogens with zero attached hydrogens (tertiary/aromatic N) is 2. The summed E-state index contributed by atoms with van der Waals surface area (Å²) in [6.07, 6.45) is -0.0259. The van der Waals surface area contributed by atoms with Gasteiger partial charge in [-0.25, -0.2) is 4.68 Å². The Bertz CT molecular complexity index is 323. The molecule has 0 saturated carbocycles. The molecule has 5 heteroatoms. The van der Waals surface area contributed by atoms with E-state index in [-0.39, 0.29) is 6.10 Å². The van der Waals surface area contributed by atoms with Gasteiger partial charge in [-0.15, -0.1) is 0 Å². The fourth-order valence-electron chi connectivity index (χ4n) is 1.30. The number of hydrogen-bond donors (Lipinski definition) is 1. The predicted molar refractivity (Wildman–Crippen MR) is 58.9 cm³/mol. The molecule has 0 spiro atoms. The zero-order valence-corrected chi connectivity index (χ0v) is 9.78. The lowest BCUT2D eigenvalue weighted by atomic mass is 10.4. The van der Waals surface area contributed by atoms with Crippen LogP contribution in [0.15, 0.2) is 0 Å². The maximum absolute atomic E-state index is 5.83. The van der Waals surface area contributed by atoms with E-state index in [1.807, 2.05) is 27.8 Å². The minimum atomic E-state index is -0.0259. The van der Waals surface area contributed by atoms with Crippen molar-refractivity contribution in [3.05, 3.63) is 5.69 Å². The molecular formula is C10H19N3O2. The van der Waals surface area contributed by atoms with E-state index in [1.54, 1.807) is 4.68 Å². The van der Waals surface area contributed by atoms with E-state index in [2.05, 4.69) is 5.10 Å². The number of nitrogen functional groups attached to an aromatic ring is 1. The normalized spacial score (nSPS) is 12.8. The topological polar surface area (TPSA) is 62.3 Å². The van der Waals surface area contributed by atoms with Crippen LogP contribution in [0.2, 0.25) is 0 Å². The third-order valence-electron chi connectivity index (χ3n) is 2.08. The van der Waals surface area contributed by atoms with Gasteiger partial charge in [-0.3, -0.25) is 0 Å². The van der Waals surface area contributed by atoms with Gasteiger partial charge < -0.3 is 15.2 Å². The van der Waals surface area contributed by atoms with Crippen LogP contribution in [0, 0.1) is 6.92 Å². The Kier molecular flexibility index (Phi) is 3.96. The summed E-state index contributed by atoms with van der Waals surface area (Å²) in [5.41, 5.74) is 7.22. The Morgan fingerprint density at radius 3 is 2.67 bits per heavy atom. The maximum atomic E-state index is 5.83. The number of nitrogens with two attached hydrogens (primary N) is 1. The number of anilines is 1. The first-order chi connectivity index (χ1) is 7.06. The van der Waals surface area contributed by atoms with Crippen LogP contribution >= 0.6 is 0 Å². The van der Waals surface area contributed by atoms with Crippen molar-refractivity contribution in [3.63, 3.8) is 0 Å². The molecule has 86 valence electrons. The molecule has 15 heavy (non-hydrogen) atoms. The number of aromatic nitrogens is 2. The van der Waals surface area contributed by atoms with Gasteiger partial charge in [0, 0.05) is 13.7 Å². The number of aryl methyl sites for hydroxylation is 2. The van der Waals surface area contributed by atoms with Crippen molar-refractivity contribution < 1.29 is 9.47 Å². The summed E-state index contributed by atoms with van der Waals surface area (Å²) in [6, 6.07) is 0. The molecule has 0 bridgehead atoms. The first-order valence-corrected chi connectivity index (χ1v) is 5.09. The van der Waals surface area contributed by atoms with Gasteiger partial charge in [0.1, 0.15) is 11.8 Å². The van der Waals surface area contributed by atoms with E-state index in [9.17, 15) is 0 Å². The quantitative estimate of drug-likeness (QED) is 0.796. The van der Waals surface area contributed by atoms with Crippen molar-refractivity contribution in [2.45, 2.75) is 26.9 Å². The molecule has 0 aliphatic rings. The average Bonchev–Trinajstić information content (AvgIpc) is 2.42. The van der Waals surface area contributed by atoms with Crippen molar-refractivity contribution in [2.24, 2.45) is 7.05 Å². The summed E-state index contributed by atoms with van der Waals surface area (Å²) in [7, 11) is 1.81. The maximum Gasteiger partial charge on any atom is 0.236 e. The molecule has 0 aromatic carbocycles. The summed E-state index contributed by atoms with van der Waals surface area (Å²) in [5, 5.41) is 4.17. The Hall–Kier alpha value is -1.23. The van der Waals surface area contributed by atoms with Crippen LogP contribution in [0.25, 0.3) is 0 Å². The van der Waals surface area contributed by atoms with E-state index in [0.29, 0.717) is 24.8 Å². The SMILES string of the molecule is CCOCC(C)Oc1c(N)c(C)nn1C. The summed E-state index contributed by atoms with van der Waals surface area (Å²) in [5.74, 6) is 0.611. The lowest BCUT2D eigenvalue weighted by molar-refractivity contribution is 0.0615. The van der Waals surface area contributed by atoms with Crippen molar-refractivity contribution in [3.8, 4) is 5.88 Å². The standard InChI is InChI=1S/C10H19N3O2/c1-5-14-6-7(2)15-10-9(11)8(3)12-13(10)4/h7H,5-6,11H2,1-4H3. The molecule has 0 aliphatic carbocycles. The number of rotatable bonds is 5. The van der Waals surface area contributed by atoms with Gasteiger partial charge >= 0.3 is 0 Å².